The minimum atomic E-state index is -0.313. The third-order valence-electron chi connectivity index (χ3n) is 5.32. The first-order valence-corrected chi connectivity index (χ1v) is 10.1. The van der Waals surface area contributed by atoms with E-state index in [2.05, 4.69) is 26.1 Å². The molecule has 2 aromatic heterocycles. The van der Waals surface area contributed by atoms with Crippen LogP contribution in [0.3, 0.4) is 0 Å². The van der Waals surface area contributed by atoms with Crippen LogP contribution in [0.1, 0.15) is 65.8 Å². The molecule has 4 rings (SSSR count). The van der Waals surface area contributed by atoms with Crippen LogP contribution in [0, 0.1) is 6.92 Å². The molecule has 1 atom stereocenters. The molecule has 1 saturated carbocycles. The monoisotopic (exact) mass is 359 g/mol. The third kappa shape index (κ3) is 3.35. The predicted molar refractivity (Wildman–Crippen MR) is 97.8 cm³/mol. The van der Waals surface area contributed by atoms with Crippen molar-refractivity contribution in [3.63, 3.8) is 0 Å². The van der Waals surface area contributed by atoms with Crippen LogP contribution in [0.2, 0.25) is 0 Å². The number of thiazole rings is 1. The van der Waals surface area contributed by atoms with Crippen molar-refractivity contribution in [2.24, 2.45) is 0 Å². The molecular weight excluding hydrogens is 334 g/mol. The molecule has 2 N–H and O–H groups in total. The molecule has 134 valence electrons. The summed E-state index contributed by atoms with van der Waals surface area (Å²) in [6.45, 7) is 4.00. The molecule has 3 heterocycles. The Balaban J connectivity index is 1.51. The number of hydrogen-bond donors (Lipinski definition) is 2. The van der Waals surface area contributed by atoms with E-state index < -0.39 is 0 Å². The van der Waals surface area contributed by atoms with E-state index in [0.29, 0.717) is 11.7 Å². The molecule has 25 heavy (non-hydrogen) atoms. The molecule has 1 unspecified atom stereocenters. The van der Waals surface area contributed by atoms with Gasteiger partial charge in [-0.2, -0.15) is 5.10 Å². The van der Waals surface area contributed by atoms with E-state index in [4.69, 9.17) is 0 Å². The highest BCUT2D eigenvalue weighted by Gasteiger charge is 2.40. The number of aryl methyl sites for hydroxylation is 1. The van der Waals surface area contributed by atoms with Crippen LogP contribution in [0.25, 0.3) is 0 Å². The molecule has 2 aromatic rings. The Hall–Kier alpha value is -1.73. The first-order valence-electron chi connectivity index (χ1n) is 9.17. The Morgan fingerprint density at radius 1 is 1.40 bits per heavy atom. The van der Waals surface area contributed by atoms with Gasteiger partial charge in [0.2, 0.25) is 0 Å². The van der Waals surface area contributed by atoms with Crippen molar-refractivity contribution in [3.05, 3.63) is 34.0 Å². The molecule has 6 nitrogen and oxygen atoms in total. The summed E-state index contributed by atoms with van der Waals surface area (Å²) in [5.74, 6) is -0.0859. The largest absolute Gasteiger partial charge is 0.339 e. The number of carbonyl (C=O) groups is 1. The first-order chi connectivity index (χ1) is 12.2. The summed E-state index contributed by atoms with van der Waals surface area (Å²) in [5, 5.41) is 14.3. The topological polar surface area (TPSA) is 71.8 Å². The maximum atomic E-state index is 12.9. The van der Waals surface area contributed by atoms with Gasteiger partial charge in [0.1, 0.15) is 10.7 Å². The van der Waals surface area contributed by atoms with E-state index >= 15 is 0 Å². The molecule has 1 aliphatic carbocycles. The molecule has 1 saturated heterocycles. The number of rotatable bonds is 4. The van der Waals surface area contributed by atoms with Crippen molar-refractivity contribution in [1.29, 1.82) is 0 Å². The quantitative estimate of drug-likeness (QED) is 0.880. The average Bonchev–Trinajstić information content (AvgIpc) is 3.36. The molecule has 7 heteroatoms. The smallest absolute Gasteiger partial charge is 0.272 e. The van der Waals surface area contributed by atoms with Crippen LogP contribution in [0.4, 0.5) is 0 Å². The molecule has 1 aliphatic heterocycles. The highest BCUT2D eigenvalue weighted by atomic mass is 32.1. The van der Waals surface area contributed by atoms with Crippen LogP contribution in [0.15, 0.2) is 17.6 Å². The van der Waals surface area contributed by atoms with Gasteiger partial charge in [-0.3, -0.25) is 9.48 Å². The summed E-state index contributed by atoms with van der Waals surface area (Å²) < 4.78 is 1.94. The molecule has 1 amide bonds. The lowest BCUT2D eigenvalue weighted by atomic mass is 9.98. The lowest BCUT2D eigenvalue weighted by Crippen LogP contribution is -2.44. The number of nitrogens with zero attached hydrogens (tertiary/aromatic N) is 3. The van der Waals surface area contributed by atoms with Gasteiger partial charge in [-0.15, -0.1) is 11.3 Å². The number of amides is 1. The summed E-state index contributed by atoms with van der Waals surface area (Å²) in [6, 6.07) is 2.18. The molecule has 0 radical (unpaired) electrons. The van der Waals surface area contributed by atoms with Gasteiger partial charge in [0.05, 0.1) is 11.6 Å². The minimum Gasteiger partial charge on any atom is -0.339 e. The van der Waals surface area contributed by atoms with E-state index in [-0.39, 0.29) is 11.4 Å². The second kappa shape index (κ2) is 6.88. The Kier molecular flexibility index (Phi) is 4.60. The summed E-state index contributed by atoms with van der Waals surface area (Å²) in [6.07, 6.45) is 8.36. The van der Waals surface area contributed by atoms with Gasteiger partial charge in [-0.25, -0.2) is 4.98 Å². The second-order valence-corrected chi connectivity index (χ2v) is 8.08. The van der Waals surface area contributed by atoms with Crippen molar-refractivity contribution in [2.75, 3.05) is 13.1 Å². The van der Waals surface area contributed by atoms with Crippen LogP contribution >= 0.6 is 11.3 Å². The van der Waals surface area contributed by atoms with Crippen LogP contribution < -0.4 is 10.6 Å². The number of nitrogens with one attached hydrogen (secondary N) is 2. The summed E-state index contributed by atoms with van der Waals surface area (Å²) in [7, 11) is 0. The molecule has 0 spiro atoms. The Labute approximate surface area is 152 Å². The highest BCUT2D eigenvalue weighted by Crippen LogP contribution is 2.40. The summed E-state index contributed by atoms with van der Waals surface area (Å²) >= 11 is 1.65. The van der Waals surface area contributed by atoms with E-state index in [9.17, 15) is 4.79 Å². The summed E-state index contributed by atoms with van der Waals surface area (Å²) in [5.41, 5.74) is 1.21. The van der Waals surface area contributed by atoms with E-state index in [1.165, 1.54) is 0 Å². The highest BCUT2D eigenvalue weighted by molar-refractivity contribution is 7.09. The van der Waals surface area contributed by atoms with Gasteiger partial charge in [-0.05, 0) is 45.2 Å². The van der Waals surface area contributed by atoms with Crippen molar-refractivity contribution in [1.82, 2.24) is 25.4 Å². The van der Waals surface area contributed by atoms with Gasteiger partial charge in [0.15, 0.2) is 0 Å². The fourth-order valence-electron chi connectivity index (χ4n) is 3.95. The van der Waals surface area contributed by atoms with Crippen LogP contribution in [-0.2, 0) is 5.54 Å². The molecule has 2 fully saturated rings. The standard InChI is InChI=1S/C18H25N5OS/c1-13-12-25-17(20-13)18(7-2-3-8-18)21-16(24)15-6-10-23(22-15)14-5-4-9-19-11-14/h6,10,12,14,19H,2-5,7-9,11H2,1H3,(H,21,24). The van der Waals surface area contributed by atoms with E-state index in [1.807, 2.05) is 23.9 Å². The fraction of sp³-hybridized carbons (Fsp3) is 0.611. The maximum Gasteiger partial charge on any atom is 0.272 e. The Morgan fingerprint density at radius 2 is 2.24 bits per heavy atom. The van der Waals surface area contributed by atoms with E-state index in [1.54, 1.807) is 11.3 Å². The summed E-state index contributed by atoms with van der Waals surface area (Å²) in [4.78, 5) is 17.5. The van der Waals surface area contributed by atoms with Gasteiger partial charge in [0, 0.05) is 23.8 Å². The molecular formula is C18H25N5OS. The fourth-order valence-corrected chi connectivity index (χ4v) is 4.96. The van der Waals surface area contributed by atoms with Gasteiger partial charge in [-0.1, -0.05) is 12.8 Å². The third-order valence-corrected chi connectivity index (χ3v) is 6.49. The zero-order valence-electron chi connectivity index (χ0n) is 14.6. The molecule has 0 aromatic carbocycles. The van der Waals surface area contributed by atoms with Gasteiger partial charge in [0.25, 0.3) is 5.91 Å². The zero-order chi connectivity index (χ0) is 17.3. The Bertz CT molecular complexity index is 740. The number of aromatic nitrogens is 3. The lowest BCUT2D eigenvalue weighted by Gasteiger charge is -2.27. The molecule has 0 bridgehead atoms. The predicted octanol–water partition coefficient (Wildman–Crippen LogP) is 2.77. The van der Waals surface area contributed by atoms with Gasteiger partial charge < -0.3 is 10.6 Å². The van der Waals surface area contributed by atoms with Crippen molar-refractivity contribution in [3.8, 4) is 0 Å². The van der Waals surface area contributed by atoms with Crippen molar-refractivity contribution >= 4 is 17.2 Å². The van der Waals surface area contributed by atoms with E-state index in [0.717, 1.165) is 62.3 Å². The number of piperidine rings is 1. The normalized spacial score (nSPS) is 22.8. The zero-order valence-corrected chi connectivity index (χ0v) is 15.4. The van der Waals surface area contributed by atoms with Crippen molar-refractivity contribution in [2.45, 2.75) is 57.0 Å². The minimum absolute atomic E-state index is 0.0859. The maximum absolute atomic E-state index is 12.9. The van der Waals surface area contributed by atoms with Crippen LogP contribution in [-0.4, -0.2) is 33.8 Å². The Morgan fingerprint density at radius 3 is 2.92 bits per heavy atom. The second-order valence-electron chi connectivity index (χ2n) is 7.22. The first kappa shape index (κ1) is 16.7. The molecule has 2 aliphatic rings. The van der Waals surface area contributed by atoms with Crippen LogP contribution in [0.5, 0.6) is 0 Å². The SMILES string of the molecule is Cc1csc(C2(NC(=O)c3ccn(C4CCCNC4)n3)CCCC2)n1. The number of carbonyl (C=O) groups excluding carboxylic acids is 1. The lowest BCUT2D eigenvalue weighted by molar-refractivity contribution is 0.0891. The van der Waals surface area contributed by atoms with Gasteiger partial charge >= 0.3 is 0 Å². The average molecular weight is 359 g/mol. The number of hydrogen-bond acceptors (Lipinski definition) is 5. The van der Waals surface area contributed by atoms with Crippen molar-refractivity contribution < 1.29 is 4.79 Å².